The first-order chi connectivity index (χ1) is 13.5. The predicted octanol–water partition coefficient (Wildman–Crippen LogP) is 0.818. The minimum Gasteiger partial charge on any atom is -0.367 e. The third-order valence-electron chi connectivity index (χ3n) is 4.19. The molecule has 0 saturated heterocycles. The van der Waals surface area contributed by atoms with Gasteiger partial charge in [0.15, 0.2) is 0 Å². The number of H-pyrrole nitrogens is 1. The number of aromatic amines is 1. The first-order valence-corrected chi connectivity index (χ1v) is 8.69. The first-order valence-electron chi connectivity index (χ1n) is 8.69. The van der Waals surface area contributed by atoms with E-state index >= 15 is 0 Å². The Morgan fingerprint density at radius 1 is 1.29 bits per heavy atom. The standard InChI is InChI=1S/C19H18N6O3/c1-2-25-18(27)14-6-5-12(10-15(14)24-19(25)28)17(26)23-9-8-22-16-13(11-20)4-3-7-21-16/h3-7,10H,2,8-9H2,1H3,(H,21,22)(H,23,26)(H,24,28). The van der Waals surface area contributed by atoms with Crippen molar-refractivity contribution in [3.63, 3.8) is 0 Å². The summed E-state index contributed by atoms with van der Waals surface area (Å²) in [4.78, 5) is 43.2. The number of hydrogen-bond donors (Lipinski definition) is 3. The molecule has 0 bridgehead atoms. The second-order valence-electron chi connectivity index (χ2n) is 5.93. The number of pyridine rings is 1. The van der Waals surface area contributed by atoms with Gasteiger partial charge >= 0.3 is 5.69 Å². The van der Waals surface area contributed by atoms with Gasteiger partial charge in [0.05, 0.1) is 16.5 Å². The Labute approximate surface area is 159 Å². The molecular weight excluding hydrogens is 360 g/mol. The van der Waals surface area contributed by atoms with Gasteiger partial charge in [-0.2, -0.15) is 5.26 Å². The van der Waals surface area contributed by atoms with Crippen molar-refractivity contribution in [1.82, 2.24) is 19.9 Å². The molecule has 3 rings (SSSR count). The lowest BCUT2D eigenvalue weighted by atomic mass is 10.1. The monoisotopic (exact) mass is 378 g/mol. The summed E-state index contributed by atoms with van der Waals surface area (Å²) in [6.45, 7) is 2.65. The molecule has 3 N–H and O–H groups in total. The molecule has 28 heavy (non-hydrogen) atoms. The molecule has 2 heterocycles. The number of amides is 1. The van der Waals surface area contributed by atoms with E-state index in [4.69, 9.17) is 5.26 Å². The van der Waals surface area contributed by atoms with Crippen LogP contribution < -0.4 is 21.9 Å². The van der Waals surface area contributed by atoms with Crippen LogP contribution in [0, 0.1) is 11.3 Å². The third-order valence-corrected chi connectivity index (χ3v) is 4.19. The van der Waals surface area contributed by atoms with Gasteiger partial charge in [0.25, 0.3) is 11.5 Å². The van der Waals surface area contributed by atoms with Crippen LogP contribution in [-0.4, -0.2) is 33.5 Å². The number of aromatic nitrogens is 3. The summed E-state index contributed by atoms with van der Waals surface area (Å²) in [5, 5.41) is 15.1. The number of benzene rings is 1. The lowest BCUT2D eigenvalue weighted by molar-refractivity contribution is 0.0955. The zero-order chi connectivity index (χ0) is 20.1. The zero-order valence-electron chi connectivity index (χ0n) is 15.2. The van der Waals surface area contributed by atoms with E-state index in [1.54, 1.807) is 25.3 Å². The summed E-state index contributed by atoms with van der Waals surface area (Å²) < 4.78 is 1.10. The van der Waals surface area contributed by atoms with Gasteiger partial charge < -0.3 is 15.6 Å². The Hall–Kier alpha value is -3.93. The van der Waals surface area contributed by atoms with Gasteiger partial charge in [0.1, 0.15) is 11.9 Å². The number of carbonyl (C=O) groups is 1. The number of anilines is 1. The Morgan fingerprint density at radius 3 is 2.86 bits per heavy atom. The minimum absolute atomic E-state index is 0.267. The zero-order valence-corrected chi connectivity index (χ0v) is 15.2. The molecule has 0 saturated carbocycles. The van der Waals surface area contributed by atoms with E-state index in [9.17, 15) is 14.4 Å². The molecule has 2 aromatic heterocycles. The molecule has 1 aromatic carbocycles. The highest BCUT2D eigenvalue weighted by Crippen LogP contribution is 2.10. The first kappa shape index (κ1) is 18.8. The van der Waals surface area contributed by atoms with Crippen molar-refractivity contribution in [2.75, 3.05) is 18.4 Å². The van der Waals surface area contributed by atoms with Crippen LogP contribution in [0.4, 0.5) is 5.82 Å². The lowest BCUT2D eigenvalue weighted by Crippen LogP contribution is -2.34. The highest BCUT2D eigenvalue weighted by Gasteiger charge is 2.10. The van der Waals surface area contributed by atoms with Crippen molar-refractivity contribution in [3.05, 3.63) is 68.5 Å². The molecule has 0 aliphatic rings. The maximum absolute atomic E-state index is 12.3. The largest absolute Gasteiger partial charge is 0.367 e. The Kier molecular flexibility index (Phi) is 5.50. The van der Waals surface area contributed by atoms with Crippen LogP contribution in [0.5, 0.6) is 0 Å². The third kappa shape index (κ3) is 3.76. The molecule has 1 amide bonds. The van der Waals surface area contributed by atoms with Crippen molar-refractivity contribution in [3.8, 4) is 6.07 Å². The summed E-state index contributed by atoms with van der Waals surface area (Å²) in [7, 11) is 0. The van der Waals surface area contributed by atoms with Crippen molar-refractivity contribution in [2.24, 2.45) is 0 Å². The van der Waals surface area contributed by atoms with Crippen molar-refractivity contribution in [2.45, 2.75) is 13.5 Å². The predicted molar refractivity (Wildman–Crippen MR) is 104 cm³/mol. The second kappa shape index (κ2) is 8.18. The quantitative estimate of drug-likeness (QED) is 0.544. The second-order valence-corrected chi connectivity index (χ2v) is 5.93. The molecular formula is C19H18N6O3. The number of nitriles is 1. The highest BCUT2D eigenvalue weighted by atomic mass is 16.2. The average Bonchev–Trinajstić information content (AvgIpc) is 2.71. The number of fused-ring (bicyclic) bond motifs is 1. The smallest absolute Gasteiger partial charge is 0.328 e. The van der Waals surface area contributed by atoms with Gasteiger partial charge in [-0.25, -0.2) is 9.78 Å². The average molecular weight is 378 g/mol. The summed E-state index contributed by atoms with van der Waals surface area (Å²) in [5.74, 6) is 0.112. The Morgan fingerprint density at radius 2 is 2.11 bits per heavy atom. The molecule has 9 nitrogen and oxygen atoms in total. The van der Waals surface area contributed by atoms with Crippen molar-refractivity contribution in [1.29, 1.82) is 5.26 Å². The van der Waals surface area contributed by atoms with Crippen LogP contribution in [0.3, 0.4) is 0 Å². The number of nitrogens with zero attached hydrogens (tertiary/aromatic N) is 3. The normalized spacial score (nSPS) is 10.4. The van der Waals surface area contributed by atoms with Gasteiger partial charge in [0.2, 0.25) is 0 Å². The Bertz CT molecular complexity index is 1190. The van der Waals surface area contributed by atoms with E-state index in [2.05, 4.69) is 20.6 Å². The summed E-state index contributed by atoms with van der Waals surface area (Å²) in [5.41, 5.74) is 0.168. The van der Waals surface area contributed by atoms with Gasteiger partial charge in [-0.3, -0.25) is 14.2 Å². The molecule has 0 fully saturated rings. The van der Waals surface area contributed by atoms with E-state index in [0.717, 1.165) is 4.57 Å². The molecule has 0 aliphatic carbocycles. The fourth-order valence-electron chi connectivity index (χ4n) is 2.78. The summed E-state index contributed by atoms with van der Waals surface area (Å²) in [6.07, 6.45) is 1.57. The molecule has 3 aromatic rings. The van der Waals surface area contributed by atoms with Crippen molar-refractivity contribution < 1.29 is 4.79 Å². The molecule has 9 heteroatoms. The van der Waals surface area contributed by atoms with Crippen LogP contribution in [0.1, 0.15) is 22.8 Å². The van der Waals surface area contributed by atoms with Gasteiger partial charge in [-0.1, -0.05) is 0 Å². The van der Waals surface area contributed by atoms with Gasteiger partial charge in [0, 0.05) is 31.4 Å². The van der Waals surface area contributed by atoms with Crippen LogP contribution >= 0.6 is 0 Å². The fourth-order valence-corrected chi connectivity index (χ4v) is 2.78. The maximum atomic E-state index is 12.3. The van der Waals surface area contributed by atoms with E-state index in [1.165, 1.54) is 18.2 Å². The van der Waals surface area contributed by atoms with Gasteiger partial charge in [-0.05, 0) is 37.3 Å². The molecule has 0 aliphatic heterocycles. The number of hydrogen-bond acceptors (Lipinski definition) is 6. The van der Waals surface area contributed by atoms with Gasteiger partial charge in [-0.15, -0.1) is 0 Å². The van der Waals surface area contributed by atoms with Crippen LogP contribution in [0.25, 0.3) is 10.9 Å². The van der Waals surface area contributed by atoms with Crippen LogP contribution in [0.15, 0.2) is 46.1 Å². The minimum atomic E-state index is -0.509. The Balaban J connectivity index is 1.68. The summed E-state index contributed by atoms with van der Waals surface area (Å²) >= 11 is 0. The topological polar surface area (TPSA) is 133 Å². The lowest BCUT2D eigenvalue weighted by Gasteiger charge is -2.09. The molecule has 142 valence electrons. The highest BCUT2D eigenvalue weighted by molar-refractivity contribution is 5.97. The number of rotatable bonds is 6. The van der Waals surface area contributed by atoms with E-state index in [1.807, 2.05) is 6.07 Å². The molecule has 0 unspecified atom stereocenters. The van der Waals surface area contributed by atoms with E-state index in [0.29, 0.717) is 40.9 Å². The van der Waals surface area contributed by atoms with Crippen LogP contribution in [0.2, 0.25) is 0 Å². The molecule has 0 radical (unpaired) electrons. The van der Waals surface area contributed by atoms with Crippen LogP contribution in [-0.2, 0) is 6.54 Å². The maximum Gasteiger partial charge on any atom is 0.328 e. The molecule has 0 atom stereocenters. The van der Waals surface area contributed by atoms with E-state index < -0.39 is 5.69 Å². The fraction of sp³-hybridized carbons (Fsp3) is 0.211. The SMILES string of the molecule is CCn1c(=O)[nH]c2cc(C(=O)NCCNc3ncccc3C#N)ccc2c1=O. The van der Waals surface area contributed by atoms with Crippen molar-refractivity contribution >= 4 is 22.6 Å². The number of carbonyl (C=O) groups excluding carboxylic acids is 1. The molecule has 0 spiro atoms. The summed E-state index contributed by atoms with van der Waals surface area (Å²) in [6, 6.07) is 9.90. The number of nitrogens with one attached hydrogen (secondary N) is 3. The van der Waals surface area contributed by atoms with E-state index in [-0.39, 0.29) is 18.0 Å².